The fraction of sp³-hybridized carbons (Fsp3) is 0.0833. The lowest BCUT2D eigenvalue weighted by Crippen LogP contribution is -2.00. The Balaban J connectivity index is 1.99. The first-order chi connectivity index (χ1) is 7.74. The molecule has 2 rings (SSSR count). The second kappa shape index (κ2) is 4.99. The third-order valence-electron chi connectivity index (χ3n) is 2.17. The maximum atomic E-state index is 5.51. The van der Waals surface area contributed by atoms with Crippen molar-refractivity contribution in [1.82, 2.24) is 4.98 Å². The smallest absolute Gasteiger partial charge is 0.123 e. The summed E-state index contributed by atoms with van der Waals surface area (Å²) in [5.74, 6) is 0.535. The highest BCUT2D eigenvalue weighted by molar-refractivity contribution is 9.10. The molecule has 16 heavy (non-hydrogen) atoms. The molecule has 0 unspecified atom stereocenters. The van der Waals surface area contributed by atoms with E-state index < -0.39 is 0 Å². The van der Waals surface area contributed by atoms with Crippen molar-refractivity contribution in [2.24, 2.45) is 0 Å². The van der Waals surface area contributed by atoms with Crippen molar-refractivity contribution in [1.29, 1.82) is 0 Å². The summed E-state index contributed by atoms with van der Waals surface area (Å²) in [5.41, 5.74) is 7.69. The molecule has 0 aliphatic rings. The van der Waals surface area contributed by atoms with Gasteiger partial charge >= 0.3 is 0 Å². The number of benzene rings is 1. The third kappa shape index (κ3) is 2.97. The van der Waals surface area contributed by atoms with Crippen LogP contribution in [0.2, 0.25) is 0 Å². The molecule has 0 spiro atoms. The molecule has 2 aromatic rings. The van der Waals surface area contributed by atoms with Gasteiger partial charge in [-0.2, -0.15) is 0 Å². The van der Waals surface area contributed by atoms with Crippen molar-refractivity contribution in [3.8, 4) is 0 Å². The molecule has 0 atom stereocenters. The number of anilines is 2. The molecule has 1 aromatic carbocycles. The van der Waals surface area contributed by atoms with E-state index in [9.17, 15) is 0 Å². The van der Waals surface area contributed by atoms with Crippen molar-refractivity contribution in [2.45, 2.75) is 6.54 Å². The quantitative estimate of drug-likeness (QED) is 0.907. The van der Waals surface area contributed by atoms with Crippen LogP contribution in [0.4, 0.5) is 11.5 Å². The van der Waals surface area contributed by atoms with Crippen molar-refractivity contribution in [3.63, 3.8) is 0 Å². The number of halogens is 1. The number of rotatable bonds is 3. The normalized spacial score (nSPS) is 10.1. The van der Waals surface area contributed by atoms with Crippen LogP contribution in [0.3, 0.4) is 0 Å². The van der Waals surface area contributed by atoms with Crippen LogP contribution in [0, 0.1) is 0 Å². The number of nitrogens with one attached hydrogen (secondary N) is 1. The lowest BCUT2D eigenvalue weighted by atomic mass is 10.2. The second-order valence-electron chi connectivity index (χ2n) is 3.46. The second-order valence-corrected chi connectivity index (χ2v) is 4.37. The molecule has 1 aromatic heterocycles. The van der Waals surface area contributed by atoms with Gasteiger partial charge < -0.3 is 11.1 Å². The van der Waals surface area contributed by atoms with Crippen LogP contribution in [0.5, 0.6) is 0 Å². The maximum Gasteiger partial charge on any atom is 0.123 e. The van der Waals surface area contributed by atoms with E-state index >= 15 is 0 Å². The van der Waals surface area contributed by atoms with Gasteiger partial charge in [0.25, 0.3) is 0 Å². The van der Waals surface area contributed by atoms with Crippen LogP contribution in [0.1, 0.15) is 5.56 Å². The van der Waals surface area contributed by atoms with Gasteiger partial charge in [-0.1, -0.05) is 28.1 Å². The molecule has 3 N–H and O–H groups in total. The number of nitrogens with two attached hydrogens (primary N) is 1. The number of nitrogens with zero attached hydrogens (tertiary/aromatic N) is 1. The van der Waals surface area contributed by atoms with Gasteiger partial charge in [-0.15, -0.1) is 0 Å². The van der Waals surface area contributed by atoms with Gasteiger partial charge in [0.1, 0.15) is 5.82 Å². The molecule has 0 saturated heterocycles. The Labute approximate surface area is 103 Å². The molecule has 0 fully saturated rings. The van der Waals surface area contributed by atoms with Gasteiger partial charge in [0, 0.05) is 11.0 Å². The molecule has 0 bridgehead atoms. The first kappa shape index (κ1) is 11.0. The van der Waals surface area contributed by atoms with Gasteiger partial charge in [0.15, 0.2) is 0 Å². The van der Waals surface area contributed by atoms with E-state index in [0.717, 1.165) is 16.7 Å². The monoisotopic (exact) mass is 277 g/mol. The Kier molecular flexibility index (Phi) is 3.41. The fourth-order valence-corrected chi connectivity index (χ4v) is 1.81. The van der Waals surface area contributed by atoms with Crippen molar-refractivity contribution in [2.75, 3.05) is 11.1 Å². The Bertz CT molecular complexity index is 468. The molecule has 0 amide bonds. The SMILES string of the molecule is Nc1ccc(NCc2cccc(Br)c2)cn1. The van der Waals surface area contributed by atoms with Crippen LogP contribution in [-0.2, 0) is 6.54 Å². The Hall–Kier alpha value is -1.55. The van der Waals surface area contributed by atoms with E-state index in [-0.39, 0.29) is 0 Å². The molecule has 0 aliphatic heterocycles. The predicted octanol–water partition coefficient (Wildman–Crippen LogP) is 3.04. The van der Waals surface area contributed by atoms with Gasteiger partial charge in [0.2, 0.25) is 0 Å². The molecule has 1 heterocycles. The third-order valence-corrected chi connectivity index (χ3v) is 2.67. The largest absolute Gasteiger partial charge is 0.384 e. The summed E-state index contributed by atoms with van der Waals surface area (Å²) in [7, 11) is 0. The summed E-state index contributed by atoms with van der Waals surface area (Å²) in [6, 6.07) is 11.9. The average molecular weight is 278 g/mol. The zero-order chi connectivity index (χ0) is 11.4. The van der Waals surface area contributed by atoms with Crippen LogP contribution in [0.15, 0.2) is 47.1 Å². The minimum atomic E-state index is 0.535. The number of hydrogen-bond donors (Lipinski definition) is 2. The van der Waals surface area contributed by atoms with E-state index in [2.05, 4.69) is 38.4 Å². The zero-order valence-electron chi connectivity index (χ0n) is 8.65. The summed E-state index contributed by atoms with van der Waals surface area (Å²) in [6.45, 7) is 0.769. The van der Waals surface area contributed by atoms with Gasteiger partial charge in [-0.05, 0) is 29.8 Å². The first-order valence-corrected chi connectivity index (χ1v) is 5.73. The number of hydrogen-bond acceptors (Lipinski definition) is 3. The summed E-state index contributed by atoms with van der Waals surface area (Å²) in [4.78, 5) is 4.01. The minimum Gasteiger partial charge on any atom is -0.384 e. The molecular weight excluding hydrogens is 266 g/mol. The van der Waals surface area contributed by atoms with E-state index in [4.69, 9.17) is 5.73 Å². The van der Waals surface area contributed by atoms with Crippen LogP contribution >= 0.6 is 15.9 Å². The standard InChI is InChI=1S/C12H12BrN3/c13-10-3-1-2-9(6-10)7-15-11-4-5-12(14)16-8-11/h1-6,8,15H,7H2,(H2,14,16). The number of aromatic nitrogens is 1. The topological polar surface area (TPSA) is 50.9 Å². The molecule has 3 nitrogen and oxygen atoms in total. The fourth-order valence-electron chi connectivity index (χ4n) is 1.36. The number of pyridine rings is 1. The summed E-state index contributed by atoms with van der Waals surface area (Å²) >= 11 is 3.44. The lowest BCUT2D eigenvalue weighted by molar-refractivity contribution is 1.14. The van der Waals surface area contributed by atoms with Crippen LogP contribution in [-0.4, -0.2) is 4.98 Å². The Morgan fingerprint density at radius 2 is 2.12 bits per heavy atom. The minimum absolute atomic E-state index is 0.535. The van der Waals surface area contributed by atoms with E-state index in [0.29, 0.717) is 5.82 Å². The molecule has 0 aliphatic carbocycles. The zero-order valence-corrected chi connectivity index (χ0v) is 10.2. The summed E-state index contributed by atoms with van der Waals surface area (Å²) in [5, 5.41) is 3.28. The van der Waals surface area contributed by atoms with Crippen LogP contribution < -0.4 is 11.1 Å². The first-order valence-electron chi connectivity index (χ1n) is 4.94. The Morgan fingerprint density at radius 3 is 2.81 bits per heavy atom. The van der Waals surface area contributed by atoms with E-state index in [1.807, 2.05) is 18.2 Å². The summed E-state index contributed by atoms with van der Waals surface area (Å²) in [6.07, 6.45) is 1.73. The highest BCUT2D eigenvalue weighted by Gasteiger charge is 1.95. The molecule has 4 heteroatoms. The molecule has 0 saturated carbocycles. The lowest BCUT2D eigenvalue weighted by Gasteiger charge is -2.06. The number of nitrogen functional groups attached to an aromatic ring is 1. The van der Waals surface area contributed by atoms with Crippen LogP contribution in [0.25, 0.3) is 0 Å². The predicted molar refractivity (Wildman–Crippen MR) is 70.1 cm³/mol. The van der Waals surface area contributed by atoms with Gasteiger partial charge in [-0.3, -0.25) is 0 Å². The highest BCUT2D eigenvalue weighted by Crippen LogP contribution is 2.13. The highest BCUT2D eigenvalue weighted by atomic mass is 79.9. The van der Waals surface area contributed by atoms with Crippen molar-refractivity contribution in [3.05, 3.63) is 52.6 Å². The van der Waals surface area contributed by atoms with Crippen molar-refractivity contribution >= 4 is 27.4 Å². The maximum absolute atomic E-state index is 5.51. The molecule has 82 valence electrons. The van der Waals surface area contributed by atoms with E-state index in [1.165, 1.54) is 5.56 Å². The van der Waals surface area contributed by atoms with Crippen molar-refractivity contribution < 1.29 is 0 Å². The van der Waals surface area contributed by atoms with E-state index in [1.54, 1.807) is 12.3 Å². The van der Waals surface area contributed by atoms with Gasteiger partial charge in [-0.25, -0.2) is 4.98 Å². The molecular formula is C12H12BrN3. The van der Waals surface area contributed by atoms with Gasteiger partial charge in [0.05, 0.1) is 11.9 Å². The molecule has 0 radical (unpaired) electrons. The Morgan fingerprint density at radius 1 is 1.25 bits per heavy atom. The average Bonchev–Trinajstić information content (AvgIpc) is 2.28. The summed E-state index contributed by atoms with van der Waals surface area (Å²) < 4.78 is 1.09.